The van der Waals surface area contributed by atoms with Gasteiger partial charge in [-0.2, -0.15) is 0 Å². The van der Waals surface area contributed by atoms with Crippen molar-refractivity contribution in [3.8, 4) is 0 Å². The second-order valence-electron chi connectivity index (χ2n) is 5.65. The second kappa shape index (κ2) is 6.54. The first kappa shape index (κ1) is 16.2. The molecule has 0 aliphatic heterocycles. The van der Waals surface area contributed by atoms with Gasteiger partial charge < -0.3 is 0 Å². The maximum Gasteiger partial charge on any atom is 0.198 e. The SMILES string of the molecule is O=C1c2ccccc2C(=O)C1(Sc1ccccc1)Sc1ccccc1. The Morgan fingerprint density at radius 3 is 1.28 bits per heavy atom. The molecular weight excluding hydrogens is 348 g/mol. The van der Waals surface area contributed by atoms with Crippen molar-refractivity contribution in [3.63, 3.8) is 0 Å². The average Bonchev–Trinajstić information content (AvgIpc) is 2.86. The van der Waals surface area contributed by atoms with Gasteiger partial charge in [0.2, 0.25) is 0 Å². The van der Waals surface area contributed by atoms with Gasteiger partial charge in [0.15, 0.2) is 15.6 Å². The van der Waals surface area contributed by atoms with Crippen LogP contribution in [-0.2, 0) is 0 Å². The van der Waals surface area contributed by atoms with Gasteiger partial charge in [-0.25, -0.2) is 0 Å². The van der Waals surface area contributed by atoms with Crippen molar-refractivity contribution in [1.82, 2.24) is 0 Å². The standard InChI is InChI=1S/C21H14O2S2/c22-19-17-13-7-8-14-18(17)20(23)21(19,24-15-9-3-1-4-10-15)25-16-11-5-2-6-12-16/h1-14H. The molecule has 25 heavy (non-hydrogen) atoms. The zero-order chi connectivity index (χ0) is 17.3. The van der Waals surface area contributed by atoms with Crippen molar-refractivity contribution in [2.45, 2.75) is 13.9 Å². The van der Waals surface area contributed by atoms with Crippen molar-refractivity contribution in [2.24, 2.45) is 0 Å². The summed E-state index contributed by atoms with van der Waals surface area (Å²) >= 11 is 2.66. The number of rotatable bonds is 4. The van der Waals surface area contributed by atoms with Crippen molar-refractivity contribution >= 4 is 35.1 Å². The van der Waals surface area contributed by atoms with E-state index in [4.69, 9.17) is 0 Å². The summed E-state index contributed by atoms with van der Waals surface area (Å²) in [5.74, 6) is -0.258. The summed E-state index contributed by atoms with van der Waals surface area (Å²) < 4.78 is -1.22. The van der Waals surface area contributed by atoms with E-state index in [1.54, 1.807) is 24.3 Å². The quantitative estimate of drug-likeness (QED) is 0.463. The van der Waals surface area contributed by atoms with Crippen molar-refractivity contribution < 1.29 is 9.59 Å². The molecule has 0 saturated carbocycles. The van der Waals surface area contributed by atoms with Crippen molar-refractivity contribution in [1.29, 1.82) is 0 Å². The summed E-state index contributed by atoms with van der Waals surface area (Å²) in [6.45, 7) is 0. The molecular formula is C21H14O2S2. The maximum atomic E-state index is 13.3. The summed E-state index contributed by atoms with van der Waals surface area (Å²) in [6.07, 6.45) is 0. The highest BCUT2D eigenvalue weighted by atomic mass is 32.2. The molecule has 0 unspecified atom stereocenters. The van der Waals surface area contributed by atoms with Gasteiger partial charge >= 0.3 is 0 Å². The van der Waals surface area contributed by atoms with E-state index < -0.39 is 4.08 Å². The van der Waals surface area contributed by atoms with E-state index in [-0.39, 0.29) is 11.6 Å². The lowest BCUT2D eigenvalue weighted by Crippen LogP contribution is -2.33. The van der Waals surface area contributed by atoms with Crippen LogP contribution in [0.4, 0.5) is 0 Å². The Balaban J connectivity index is 1.83. The van der Waals surface area contributed by atoms with Gasteiger partial charge in [-0.3, -0.25) is 9.59 Å². The van der Waals surface area contributed by atoms with E-state index in [0.29, 0.717) is 11.1 Å². The van der Waals surface area contributed by atoms with Crippen LogP contribution in [0.3, 0.4) is 0 Å². The van der Waals surface area contributed by atoms with Crippen LogP contribution in [0, 0.1) is 0 Å². The number of ketones is 2. The smallest absolute Gasteiger partial charge is 0.198 e. The molecule has 0 spiro atoms. The molecule has 3 aromatic rings. The second-order valence-corrected chi connectivity index (χ2v) is 8.48. The Morgan fingerprint density at radius 1 is 0.520 bits per heavy atom. The molecule has 0 saturated heterocycles. The van der Waals surface area contributed by atoms with Crippen LogP contribution in [-0.4, -0.2) is 15.6 Å². The molecule has 0 bridgehead atoms. The molecule has 1 aliphatic carbocycles. The number of thioether (sulfide) groups is 2. The summed E-state index contributed by atoms with van der Waals surface area (Å²) in [4.78, 5) is 28.4. The number of carbonyl (C=O) groups is 2. The third-order valence-electron chi connectivity index (χ3n) is 4.02. The predicted molar refractivity (Wildman–Crippen MR) is 102 cm³/mol. The third-order valence-corrected chi connectivity index (χ3v) is 6.86. The van der Waals surface area contributed by atoms with Gasteiger partial charge in [0, 0.05) is 20.9 Å². The fourth-order valence-electron chi connectivity index (χ4n) is 2.85. The number of Topliss-reactive ketones (excluding diaryl/α,β-unsaturated/α-hetero) is 2. The summed E-state index contributed by atoms with van der Waals surface area (Å²) in [7, 11) is 0. The zero-order valence-corrected chi connectivity index (χ0v) is 14.8. The van der Waals surface area contributed by atoms with E-state index >= 15 is 0 Å². The monoisotopic (exact) mass is 362 g/mol. The van der Waals surface area contributed by atoms with Crippen LogP contribution < -0.4 is 0 Å². The fourth-order valence-corrected chi connectivity index (χ4v) is 5.66. The summed E-state index contributed by atoms with van der Waals surface area (Å²) in [5, 5.41) is 0. The maximum absolute atomic E-state index is 13.3. The Labute approximate surface area is 154 Å². The number of benzene rings is 3. The molecule has 0 N–H and O–H groups in total. The summed E-state index contributed by atoms with van der Waals surface area (Å²) in [5.41, 5.74) is 1.03. The molecule has 4 rings (SSSR count). The first-order chi connectivity index (χ1) is 12.2. The van der Waals surface area contributed by atoms with Crippen LogP contribution >= 0.6 is 23.5 Å². The molecule has 3 aromatic carbocycles. The molecule has 0 aromatic heterocycles. The van der Waals surface area contributed by atoms with Gasteiger partial charge in [-0.05, 0) is 24.3 Å². The summed E-state index contributed by atoms with van der Waals surface area (Å²) in [6, 6.07) is 26.3. The van der Waals surface area contributed by atoms with E-state index in [0.717, 1.165) is 9.79 Å². The minimum Gasteiger partial charge on any atom is -0.291 e. The lowest BCUT2D eigenvalue weighted by atomic mass is 10.1. The topological polar surface area (TPSA) is 34.1 Å². The third kappa shape index (κ3) is 2.81. The van der Waals surface area contributed by atoms with Gasteiger partial charge in [0.05, 0.1) is 0 Å². The minimum atomic E-state index is -1.22. The highest BCUT2D eigenvalue weighted by Crippen LogP contribution is 2.53. The van der Waals surface area contributed by atoms with Crippen LogP contribution in [0.2, 0.25) is 0 Å². The van der Waals surface area contributed by atoms with E-state index in [1.807, 2.05) is 60.7 Å². The Morgan fingerprint density at radius 2 is 0.880 bits per heavy atom. The van der Waals surface area contributed by atoms with Crippen LogP contribution in [0.1, 0.15) is 20.7 Å². The molecule has 0 radical (unpaired) electrons. The lowest BCUT2D eigenvalue weighted by molar-refractivity contribution is 0.0916. The first-order valence-corrected chi connectivity index (χ1v) is 9.51. The van der Waals surface area contributed by atoms with Gasteiger partial charge in [0.25, 0.3) is 0 Å². The number of hydrogen-bond donors (Lipinski definition) is 0. The number of hydrogen-bond acceptors (Lipinski definition) is 4. The molecule has 0 amide bonds. The first-order valence-electron chi connectivity index (χ1n) is 7.87. The molecule has 0 atom stereocenters. The predicted octanol–water partition coefficient (Wildman–Crippen LogP) is 5.35. The number of carbonyl (C=O) groups excluding carboxylic acids is 2. The fraction of sp³-hybridized carbons (Fsp3) is 0.0476. The van der Waals surface area contributed by atoms with Crippen LogP contribution in [0.15, 0.2) is 94.7 Å². The van der Waals surface area contributed by atoms with E-state index in [2.05, 4.69) is 0 Å². The average molecular weight is 362 g/mol. The van der Waals surface area contributed by atoms with Gasteiger partial charge in [-0.15, -0.1) is 0 Å². The van der Waals surface area contributed by atoms with Crippen LogP contribution in [0.25, 0.3) is 0 Å². The highest BCUT2D eigenvalue weighted by molar-refractivity contribution is 8.20. The van der Waals surface area contributed by atoms with Gasteiger partial charge in [0.1, 0.15) is 0 Å². The normalized spacial score (nSPS) is 15.2. The van der Waals surface area contributed by atoms with Crippen molar-refractivity contribution in [3.05, 3.63) is 96.1 Å². The Bertz CT molecular complexity index is 858. The molecule has 1 aliphatic rings. The van der Waals surface area contributed by atoms with Gasteiger partial charge in [-0.1, -0.05) is 84.2 Å². The van der Waals surface area contributed by atoms with E-state index in [9.17, 15) is 9.59 Å². The lowest BCUT2D eigenvalue weighted by Gasteiger charge is -2.24. The number of fused-ring (bicyclic) bond motifs is 1. The van der Waals surface area contributed by atoms with E-state index in [1.165, 1.54) is 23.5 Å². The molecule has 4 heteroatoms. The largest absolute Gasteiger partial charge is 0.291 e. The molecule has 2 nitrogen and oxygen atoms in total. The Kier molecular flexibility index (Phi) is 4.24. The zero-order valence-electron chi connectivity index (χ0n) is 13.2. The van der Waals surface area contributed by atoms with Crippen molar-refractivity contribution in [2.75, 3.05) is 0 Å². The Hall–Kier alpha value is -2.30. The van der Waals surface area contributed by atoms with Crippen LogP contribution in [0.5, 0.6) is 0 Å². The highest BCUT2D eigenvalue weighted by Gasteiger charge is 2.54. The molecule has 0 fully saturated rings. The molecule has 122 valence electrons. The molecule has 0 heterocycles. The minimum absolute atomic E-state index is 0.129.